The number of carbonyl (C=O) groups excluding carboxylic acids is 2. The molecule has 0 unspecified atom stereocenters. The highest BCUT2D eigenvalue weighted by Gasteiger charge is 2.27. The Kier molecular flexibility index (Phi) is 2.63. The molecule has 11 heavy (non-hydrogen) atoms. The minimum absolute atomic E-state index is 0.221. The Morgan fingerprint density at radius 2 is 2.18 bits per heavy atom. The van der Waals surface area contributed by atoms with Gasteiger partial charge in [-0.2, -0.15) is 0 Å². The van der Waals surface area contributed by atoms with Crippen LogP contribution in [0.3, 0.4) is 0 Å². The molecule has 1 aliphatic rings. The van der Waals surface area contributed by atoms with Crippen LogP contribution >= 0.6 is 0 Å². The molecule has 0 radical (unpaired) electrons. The summed E-state index contributed by atoms with van der Waals surface area (Å²) < 4.78 is 0. The van der Waals surface area contributed by atoms with Crippen molar-refractivity contribution in [2.24, 2.45) is 0 Å². The fraction of sp³-hybridized carbons (Fsp3) is 0.750. The van der Waals surface area contributed by atoms with Gasteiger partial charge in [0.15, 0.2) is 0 Å². The molecule has 1 amide bonds. The maximum Gasteiger partial charge on any atom is 0.290 e. The van der Waals surface area contributed by atoms with Gasteiger partial charge in [0.1, 0.15) is 0 Å². The van der Waals surface area contributed by atoms with Crippen molar-refractivity contribution in [2.45, 2.75) is 26.2 Å². The number of nitrogens with zero attached hydrogens (tertiary/aromatic N) is 1. The number of likely N-dealkylation sites (tertiary alicyclic amines) is 1. The molecule has 62 valence electrons. The molecule has 0 aromatic heterocycles. The van der Waals surface area contributed by atoms with Crippen LogP contribution in [0.1, 0.15) is 26.2 Å². The number of carbonyl (C=O) groups is 2. The van der Waals surface area contributed by atoms with Crippen LogP contribution in [-0.4, -0.2) is 29.7 Å². The molecule has 1 rings (SSSR count). The van der Waals surface area contributed by atoms with Crippen LogP contribution in [0.2, 0.25) is 0 Å². The van der Waals surface area contributed by atoms with E-state index in [1.807, 2.05) is 0 Å². The predicted molar refractivity (Wildman–Crippen MR) is 41.1 cm³/mol. The van der Waals surface area contributed by atoms with E-state index in [0.717, 1.165) is 19.4 Å². The smallest absolute Gasteiger partial charge is 0.290 e. The van der Waals surface area contributed by atoms with Gasteiger partial charge in [-0.25, -0.2) is 0 Å². The molecule has 1 heterocycles. The average molecular weight is 155 g/mol. The molecule has 0 bridgehead atoms. The first kappa shape index (κ1) is 8.24. The molecule has 0 aromatic rings. The SMILES string of the molecule is CCCCN1CCC(=O)C1=O. The molecule has 3 nitrogen and oxygen atoms in total. The van der Waals surface area contributed by atoms with E-state index in [9.17, 15) is 9.59 Å². The summed E-state index contributed by atoms with van der Waals surface area (Å²) in [5.41, 5.74) is 0. The molecular weight excluding hydrogens is 142 g/mol. The van der Waals surface area contributed by atoms with Crippen molar-refractivity contribution in [3.05, 3.63) is 0 Å². The van der Waals surface area contributed by atoms with Gasteiger partial charge in [-0.3, -0.25) is 9.59 Å². The largest absolute Gasteiger partial charge is 0.336 e. The molecule has 0 atom stereocenters. The van der Waals surface area contributed by atoms with Gasteiger partial charge in [0.2, 0.25) is 5.78 Å². The van der Waals surface area contributed by atoms with E-state index in [1.165, 1.54) is 0 Å². The van der Waals surface area contributed by atoms with Crippen LogP contribution in [0.15, 0.2) is 0 Å². The van der Waals surface area contributed by atoms with Crippen molar-refractivity contribution in [3.8, 4) is 0 Å². The lowest BCUT2D eigenvalue weighted by Crippen LogP contribution is -2.28. The van der Waals surface area contributed by atoms with Crippen LogP contribution in [0.4, 0.5) is 0 Å². The van der Waals surface area contributed by atoms with E-state index in [2.05, 4.69) is 6.92 Å². The highest BCUT2D eigenvalue weighted by Crippen LogP contribution is 2.06. The lowest BCUT2D eigenvalue weighted by molar-refractivity contribution is -0.140. The van der Waals surface area contributed by atoms with Gasteiger partial charge in [-0.1, -0.05) is 13.3 Å². The zero-order valence-electron chi connectivity index (χ0n) is 6.80. The molecule has 0 N–H and O–H groups in total. The summed E-state index contributed by atoms with van der Waals surface area (Å²) in [6.45, 7) is 3.46. The van der Waals surface area contributed by atoms with E-state index in [4.69, 9.17) is 0 Å². The topological polar surface area (TPSA) is 37.4 Å². The zero-order chi connectivity index (χ0) is 8.27. The Bertz CT molecular complexity index is 177. The number of amides is 1. The second kappa shape index (κ2) is 3.51. The molecule has 0 spiro atoms. The van der Waals surface area contributed by atoms with Crippen molar-refractivity contribution in [1.29, 1.82) is 0 Å². The molecule has 1 saturated heterocycles. The van der Waals surface area contributed by atoms with Gasteiger partial charge >= 0.3 is 0 Å². The minimum Gasteiger partial charge on any atom is -0.336 e. The lowest BCUT2D eigenvalue weighted by atomic mass is 10.3. The minimum atomic E-state index is -0.279. The Morgan fingerprint density at radius 3 is 2.64 bits per heavy atom. The van der Waals surface area contributed by atoms with Crippen LogP contribution in [0, 0.1) is 0 Å². The Morgan fingerprint density at radius 1 is 1.45 bits per heavy atom. The number of hydrogen-bond donors (Lipinski definition) is 0. The summed E-state index contributed by atoms with van der Waals surface area (Å²) in [7, 11) is 0. The van der Waals surface area contributed by atoms with Crippen molar-refractivity contribution in [2.75, 3.05) is 13.1 Å². The van der Waals surface area contributed by atoms with Gasteiger partial charge in [0.25, 0.3) is 5.91 Å². The van der Waals surface area contributed by atoms with E-state index in [-0.39, 0.29) is 11.7 Å². The highest BCUT2D eigenvalue weighted by molar-refractivity contribution is 6.37. The summed E-state index contributed by atoms with van der Waals surface area (Å²) in [5, 5.41) is 0. The van der Waals surface area contributed by atoms with Gasteiger partial charge in [0.05, 0.1) is 0 Å². The van der Waals surface area contributed by atoms with Crippen molar-refractivity contribution >= 4 is 11.7 Å². The Hall–Kier alpha value is -0.860. The molecule has 0 aromatic carbocycles. The first-order valence-electron chi connectivity index (χ1n) is 4.07. The van der Waals surface area contributed by atoms with Gasteiger partial charge < -0.3 is 4.90 Å². The first-order valence-corrected chi connectivity index (χ1v) is 4.07. The fourth-order valence-electron chi connectivity index (χ4n) is 1.18. The molecule has 3 heteroatoms. The molecule has 0 saturated carbocycles. The normalized spacial score (nSPS) is 18.1. The summed E-state index contributed by atoms with van der Waals surface area (Å²) in [4.78, 5) is 23.4. The van der Waals surface area contributed by atoms with Crippen molar-refractivity contribution < 1.29 is 9.59 Å². The molecular formula is C8H13NO2. The van der Waals surface area contributed by atoms with Gasteiger partial charge in [-0.15, -0.1) is 0 Å². The fourth-order valence-corrected chi connectivity index (χ4v) is 1.18. The molecule has 0 aliphatic carbocycles. The van der Waals surface area contributed by atoms with Gasteiger partial charge in [0, 0.05) is 19.5 Å². The van der Waals surface area contributed by atoms with E-state index in [1.54, 1.807) is 4.90 Å². The number of Topliss-reactive ketones (excluding diaryl/α,β-unsaturated/α-hetero) is 1. The van der Waals surface area contributed by atoms with Crippen LogP contribution in [-0.2, 0) is 9.59 Å². The Balaban J connectivity index is 2.36. The average Bonchev–Trinajstić information content (AvgIpc) is 2.31. The summed E-state index contributed by atoms with van der Waals surface area (Å²) >= 11 is 0. The second-order valence-electron chi connectivity index (χ2n) is 2.82. The Labute approximate surface area is 66.4 Å². The predicted octanol–water partition coefficient (Wildman–Crippen LogP) is 0.588. The number of rotatable bonds is 3. The highest BCUT2D eigenvalue weighted by atomic mass is 16.2. The van der Waals surface area contributed by atoms with Crippen molar-refractivity contribution in [3.63, 3.8) is 0 Å². The van der Waals surface area contributed by atoms with Gasteiger partial charge in [-0.05, 0) is 6.42 Å². The monoisotopic (exact) mass is 155 g/mol. The van der Waals surface area contributed by atoms with Crippen LogP contribution in [0.5, 0.6) is 0 Å². The number of unbranched alkanes of at least 4 members (excludes halogenated alkanes) is 1. The van der Waals surface area contributed by atoms with Crippen molar-refractivity contribution in [1.82, 2.24) is 4.90 Å². The third-order valence-electron chi connectivity index (χ3n) is 1.92. The maximum absolute atomic E-state index is 11.0. The summed E-state index contributed by atoms with van der Waals surface area (Å²) in [6.07, 6.45) is 2.49. The maximum atomic E-state index is 11.0. The van der Waals surface area contributed by atoms with E-state index in [0.29, 0.717) is 13.0 Å². The third-order valence-corrected chi connectivity index (χ3v) is 1.92. The van der Waals surface area contributed by atoms with Crippen LogP contribution in [0.25, 0.3) is 0 Å². The first-order chi connectivity index (χ1) is 5.25. The standard InChI is InChI=1S/C8H13NO2/c1-2-3-5-9-6-4-7(10)8(9)11/h2-6H2,1H3. The quantitative estimate of drug-likeness (QED) is 0.559. The summed E-state index contributed by atoms with van der Waals surface area (Å²) in [6, 6.07) is 0. The summed E-state index contributed by atoms with van der Waals surface area (Å²) in [5.74, 6) is -0.500. The zero-order valence-corrected chi connectivity index (χ0v) is 6.80. The molecule has 1 fully saturated rings. The number of ketones is 1. The molecule has 1 aliphatic heterocycles. The van der Waals surface area contributed by atoms with E-state index >= 15 is 0 Å². The third kappa shape index (κ3) is 1.79. The second-order valence-corrected chi connectivity index (χ2v) is 2.82. The van der Waals surface area contributed by atoms with E-state index < -0.39 is 0 Å². The van der Waals surface area contributed by atoms with Crippen LogP contribution < -0.4 is 0 Å². The lowest BCUT2D eigenvalue weighted by Gasteiger charge is -2.12. The number of hydrogen-bond acceptors (Lipinski definition) is 2.